The second-order valence-electron chi connectivity index (χ2n) is 9.63. The number of nitrogens with zero attached hydrogens (tertiary/aromatic N) is 3. The van der Waals surface area contributed by atoms with Crippen LogP contribution in [-0.4, -0.2) is 41.6 Å². The van der Waals surface area contributed by atoms with Gasteiger partial charge in [-0.2, -0.15) is 5.26 Å². The van der Waals surface area contributed by atoms with Gasteiger partial charge in [0.15, 0.2) is 5.75 Å². The SMILES string of the molecule is Cc1cc(/C=C/C(=O)OCCC#N)ccc1OC(=O)c1ccc(OCCCCCCOc2ccc([N+](=O)[O-])cc2[N+](=O)[O-])cc1. The summed E-state index contributed by atoms with van der Waals surface area (Å²) in [5.41, 5.74) is 0.943. The third-order valence-electron chi connectivity index (χ3n) is 6.28. The van der Waals surface area contributed by atoms with Crippen molar-refractivity contribution in [3.05, 3.63) is 104 Å². The minimum atomic E-state index is -0.708. The molecule has 0 heterocycles. The molecule has 0 saturated heterocycles. The molecule has 0 bridgehead atoms. The quantitative estimate of drug-likeness (QED) is 0.0401. The number of nitro groups is 2. The second kappa shape index (κ2) is 17.4. The van der Waals surface area contributed by atoms with Crippen LogP contribution in [0.3, 0.4) is 0 Å². The van der Waals surface area contributed by atoms with Gasteiger partial charge in [0.2, 0.25) is 0 Å². The van der Waals surface area contributed by atoms with E-state index >= 15 is 0 Å². The zero-order valence-corrected chi connectivity index (χ0v) is 24.5. The topological polar surface area (TPSA) is 181 Å². The number of carbonyl (C=O) groups is 2. The maximum absolute atomic E-state index is 12.6. The fraction of sp³-hybridized carbons (Fsp3) is 0.281. The van der Waals surface area contributed by atoms with Crippen LogP contribution in [0.15, 0.2) is 66.7 Å². The molecule has 0 N–H and O–H groups in total. The Morgan fingerprint density at radius 3 is 2.18 bits per heavy atom. The van der Waals surface area contributed by atoms with Gasteiger partial charge in [0.1, 0.15) is 18.1 Å². The molecule has 0 radical (unpaired) electrons. The zero-order chi connectivity index (χ0) is 32.6. The van der Waals surface area contributed by atoms with Crippen LogP contribution >= 0.6 is 0 Å². The number of aryl methyl sites for hydroxylation is 1. The fourth-order valence-electron chi connectivity index (χ4n) is 3.96. The van der Waals surface area contributed by atoms with E-state index in [0.717, 1.165) is 25.3 Å². The molecule has 3 aromatic rings. The number of hydrogen-bond acceptors (Lipinski definition) is 11. The number of ether oxygens (including phenoxy) is 4. The van der Waals surface area contributed by atoms with E-state index in [1.807, 2.05) is 6.07 Å². The lowest BCUT2D eigenvalue weighted by Crippen LogP contribution is -2.09. The molecule has 13 nitrogen and oxygen atoms in total. The Morgan fingerprint density at radius 1 is 0.844 bits per heavy atom. The van der Waals surface area contributed by atoms with E-state index in [-0.39, 0.29) is 31.1 Å². The molecule has 45 heavy (non-hydrogen) atoms. The first-order valence-corrected chi connectivity index (χ1v) is 14.0. The summed E-state index contributed by atoms with van der Waals surface area (Å²) in [6.07, 6.45) is 5.98. The molecule has 0 aliphatic heterocycles. The molecule has 0 atom stereocenters. The highest BCUT2D eigenvalue weighted by Gasteiger charge is 2.20. The number of non-ortho nitro benzene ring substituents is 1. The predicted octanol–water partition coefficient (Wildman–Crippen LogP) is 6.52. The number of nitro benzene ring substituents is 2. The van der Waals surface area contributed by atoms with E-state index in [0.29, 0.717) is 41.2 Å². The van der Waals surface area contributed by atoms with Crippen LogP contribution < -0.4 is 14.2 Å². The highest BCUT2D eigenvalue weighted by Crippen LogP contribution is 2.31. The van der Waals surface area contributed by atoms with Gasteiger partial charge in [0.25, 0.3) is 5.69 Å². The number of hydrogen-bond donors (Lipinski definition) is 0. The van der Waals surface area contributed by atoms with Crippen molar-refractivity contribution in [1.82, 2.24) is 0 Å². The van der Waals surface area contributed by atoms with Crippen molar-refractivity contribution in [2.24, 2.45) is 0 Å². The van der Waals surface area contributed by atoms with Gasteiger partial charge in [-0.3, -0.25) is 20.2 Å². The Kier molecular flexibility index (Phi) is 13.0. The highest BCUT2D eigenvalue weighted by molar-refractivity contribution is 5.91. The van der Waals surface area contributed by atoms with Gasteiger partial charge in [-0.1, -0.05) is 6.07 Å². The third kappa shape index (κ3) is 11.1. The molecule has 0 saturated carbocycles. The van der Waals surface area contributed by atoms with Gasteiger partial charge in [0.05, 0.1) is 47.2 Å². The Bertz CT molecular complexity index is 1580. The summed E-state index contributed by atoms with van der Waals surface area (Å²) in [5.74, 6) is -0.112. The summed E-state index contributed by atoms with van der Waals surface area (Å²) >= 11 is 0. The zero-order valence-electron chi connectivity index (χ0n) is 24.5. The van der Waals surface area contributed by atoms with Gasteiger partial charge in [0, 0.05) is 12.1 Å². The van der Waals surface area contributed by atoms with Crippen molar-refractivity contribution < 1.29 is 38.4 Å². The van der Waals surface area contributed by atoms with E-state index in [1.165, 1.54) is 18.2 Å². The Hall–Kier alpha value is -5.77. The van der Waals surface area contributed by atoms with Crippen LogP contribution in [0.5, 0.6) is 17.2 Å². The first-order chi connectivity index (χ1) is 21.7. The minimum Gasteiger partial charge on any atom is -0.494 e. The van der Waals surface area contributed by atoms with Crippen molar-refractivity contribution in [3.63, 3.8) is 0 Å². The lowest BCUT2D eigenvalue weighted by atomic mass is 10.1. The van der Waals surface area contributed by atoms with Crippen molar-refractivity contribution in [2.75, 3.05) is 19.8 Å². The smallest absolute Gasteiger partial charge is 0.343 e. The number of unbranched alkanes of at least 4 members (excludes halogenated alkanes) is 3. The molecular weight excluding hydrogens is 586 g/mol. The predicted molar refractivity (Wildman–Crippen MR) is 162 cm³/mol. The number of esters is 2. The summed E-state index contributed by atoms with van der Waals surface area (Å²) in [6.45, 7) is 2.50. The number of nitriles is 1. The highest BCUT2D eigenvalue weighted by atomic mass is 16.6. The minimum absolute atomic E-state index is 0.00679. The van der Waals surface area contributed by atoms with Crippen LogP contribution in [0.25, 0.3) is 6.08 Å². The molecule has 13 heteroatoms. The molecule has 0 aliphatic carbocycles. The summed E-state index contributed by atoms with van der Waals surface area (Å²) in [5, 5.41) is 30.5. The maximum Gasteiger partial charge on any atom is 0.343 e. The van der Waals surface area contributed by atoms with E-state index in [4.69, 9.17) is 24.2 Å². The molecule has 0 fully saturated rings. The molecule has 0 aliphatic rings. The standard InChI is InChI=1S/C32H31N3O10/c1-23-21-24(8-16-31(36)44-20-6-17-33)7-14-29(23)45-32(37)25-9-12-27(13-10-25)42-18-4-2-3-5-19-43-30-15-11-26(34(38)39)22-28(30)35(40)41/h7-16,21-22H,2-6,18-20H2,1H3/b16-8+. The van der Waals surface area contributed by atoms with Gasteiger partial charge >= 0.3 is 17.6 Å². The summed E-state index contributed by atoms with van der Waals surface area (Å²) in [6, 6.07) is 16.8. The lowest BCUT2D eigenvalue weighted by Gasteiger charge is -2.10. The van der Waals surface area contributed by atoms with Gasteiger partial charge in [-0.05, 0) is 92.3 Å². The van der Waals surface area contributed by atoms with Gasteiger partial charge in [-0.15, -0.1) is 0 Å². The molecule has 234 valence electrons. The lowest BCUT2D eigenvalue weighted by molar-refractivity contribution is -0.394. The van der Waals surface area contributed by atoms with Crippen LogP contribution in [0, 0.1) is 38.5 Å². The fourth-order valence-corrected chi connectivity index (χ4v) is 3.96. The summed E-state index contributed by atoms with van der Waals surface area (Å²) in [7, 11) is 0. The van der Waals surface area contributed by atoms with Crippen molar-refractivity contribution >= 4 is 29.4 Å². The Morgan fingerprint density at radius 2 is 1.53 bits per heavy atom. The molecule has 0 spiro atoms. The van der Waals surface area contributed by atoms with Crippen LogP contribution in [0.4, 0.5) is 11.4 Å². The van der Waals surface area contributed by atoms with Gasteiger partial charge < -0.3 is 18.9 Å². The maximum atomic E-state index is 12.6. The number of rotatable bonds is 17. The summed E-state index contributed by atoms with van der Waals surface area (Å²) < 4.78 is 21.6. The average Bonchev–Trinajstić information content (AvgIpc) is 3.02. The molecule has 0 unspecified atom stereocenters. The molecule has 3 rings (SSSR count). The van der Waals surface area contributed by atoms with E-state index in [2.05, 4.69) is 0 Å². The van der Waals surface area contributed by atoms with Gasteiger partial charge in [-0.25, -0.2) is 9.59 Å². The molecule has 3 aromatic carbocycles. The molecule has 0 aromatic heterocycles. The monoisotopic (exact) mass is 617 g/mol. The normalized spacial score (nSPS) is 10.6. The van der Waals surface area contributed by atoms with Crippen molar-refractivity contribution in [3.8, 4) is 23.3 Å². The van der Waals surface area contributed by atoms with E-state index in [9.17, 15) is 29.8 Å². The van der Waals surface area contributed by atoms with Crippen molar-refractivity contribution in [2.45, 2.75) is 39.0 Å². The number of benzene rings is 3. The third-order valence-corrected chi connectivity index (χ3v) is 6.28. The average molecular weight is 618 g/mol. The van der Waals surface area contributed by atoms with E-state index < -0.39 is 27.5 Å². The second-order valence-corrected chi connectivity index (χ2v) is 9.63. The van der Waals surface area contributed by atoms with Crippen LogP contribution in [0.2, 0.25) is 0 Å². The van der Waals surface area contributed by atoms with Crippen molar-refractivity contribution in [1.29, 1.82) is 5.26 Å². The first kappa shape index (κ1) is 33.7. The largest absolute Gasteiger partial charge is 0.494 e. The molecule has 0 amide bonds. The summed E-state index contributed by atoms with van der Waals surface area (Å²) in [4.78, 5) is 44.9. The van der Waals surface area contributed by atoms with Crippen LogP contribution in [-0.2, 0) is 9.53 Å². The number of carbonyl (C=O) groups excluding carboxylic acids is 2. The first-order valence-electron chi connectivity index (χ1n) is 14.0. The van der Waals surface area contributed by atoms with E-state index in [1.54, 1.807) is 55.5 Å². The Labute approximate surface area is 258 Å². The molecular formula is C32H31N3O10. The Balaban J connectivity index is 1.36. The van der Waals surface area contributed by atoms with Crippen LogP contribution in [0.1, 0.15) is 53.6 Å².